The molecule has 0 unspecified atom stereocenters. The van der Waals surface area contributed by atoms with Gasteiger partial charge < -0.3 is 10.2 Å². The van der Waals surface area contributed by atoms with Crippen molar-refractivity contribution in [3.8, 4) is 0 Å². The lowest BCUT2D eigenvalue weighted by Gasteiger charge is -2.34. The van der Waals surface area contributed by atoms with E-state index in [0.29, 0.717) is 11.7 Å². The highest BCUT2D eigenvalue weighted by Gasteiger charge is 2.20. The fourth-order valence-electron chi connectivity index (χ4n) is 2.94. The van der Waals surface area contributed by atoms with Gasteiger partial charge in [0.1, 0.15) is 5.82 Å². The van der Waals surface area contributed by atoms with Crippen LogP contribution in [0, 0.1) is 12.7 Å². The summed E-state index contributed by atoms with van der Waals surface area (Å²) in [5.74, 6) is -0.152. The second kappa shape index (κ2) is 6.17. The largest absolute Gasteiger partial charge is 0.380 e. The minimum atomic E-state index is -0.152. The van der Waals surface area contributed by atoms with E-state index in [0.717, 1.165) is 31.5 Å². The summed E-state index contributed by atoms with van der Waals surface area (Å²) in [6, 6.07) is 16.1. The topological polar surface area (TPSA) is 15.3 Å². The molecule has 2 aromatic rings. The van der Waals surface area contributed by atoms with Gasteiger partial charge in [0.25, 0.3) is 0 Å². The maximum absolute atomic E-state index is 13.9. The fourth-order valence-corrected chi connectivity index (χ4v) is 2.94. The van der Waals surface area contributed by atoms with E-state index in [1.165, 1.54) is 11.8 Å². The minimum Gasteiger partial charge on any atom is -0.380 e. The Labute approximate surface area is 125 Å². The highest BCUT2D eigenvalue weighted by Crippen LogP contribution is 2.25. The summed E-state index contributed by atoms with van der Waals surface area (Å²) in [5, 5.41) is 3.39. The first-order valence-electron chi connectivity index (χ1n) is 7.55. The Hall–Kier alpha value is -2.03. The quantitative estimate of drug-likeness (QED) is 0.908. The Bertz CT molecular complexity index is 569. The first-order chi connectivity index (χ1) is 10.2. The zero-order valence-electron chi connectivity index (χ0n) is 12.3. The monoisotopic (exact) mass is 284 g/mol. The second-order valence-electron chi connectivity index (χ2n) is 5.67. The lowest BCUT2D eigenvalue weighted by Crippen LogP contribution is -2.39. The van der Waals surface area contributed by atoms with Crippen molar-refractivity contribution in [2.45, 2.75) is 25.8 Å². The molecular formula is C18H21FN2. The number of para-hydroxylation sites is 2. The van der Waals surface area contributed by atoms with Gasteiger partial charge in [0.05, 0.1) is 5.69 Å². The normalized spacial score (nSPS) is 16.0. The van der Waals surface area contributed by atoms with Crippen LogP contribution in [0.4, 0.5) is 15.8 Å². The van der Waals surface area contributed by atoms with Gasteiger partial charge in [0.15, 0.2) is 0 Å². The molecule has 1 fully saturated rings. The molecule has 1 saturated heterocycles. The predicted octanol–water partition coefficient (Wildman–Crippen LogP) is 4.22. The van der Waals surface area contributed by atoms with E-state index in [4.69, 9.17) is 0 Å². The van der Waals surface area contributed by atoms with Crippen LogP contribution in [0.3, 0.4) is 0 Å². The Morgan fingerprint density at radius 3 is 2.38 bits per heavy atom. The number of hydrogen-bond acceptors (Lipinski definition) is 2. The third-order valence-electron chi connectivity index (χ3n) is 4.19. The van der Waals surface area contributed by atoms with Crippen LogP contribution in [0.25, 0.3) is 0 Å². The molecule has 2 aromatic carbocycles. The molecule has 2 nitrogen and oxygen atoms in total. The van der Waals surface area contributed by atoms with Gasteiger partial charge in [-0.3, -0.25) is 0 Å². The Balaban J connectivity index is 1.62. The Morgan fingerprint density at radius 1 is 1.00 bits per heavy atom. The van der Waals surface area contributed by atoms with Crippen molar-refractivity contribution in [3.63, 3.8) is 0 Å². The van der Waals surface area contributed by atoms with E-state index >= 15 is 0 Å². The van der Waals surface area contributed by atoms with Crippen molar-refractivity contribution in [3.05, 3.63) is 59.9 Å². The maximum Gasteiger partial charge on any atom is 0.146 e. The summed E-state index contributed by atoms with van der Waals surface area (Å²) >= 11 is 0. The average molecular weight is 284 g/mol. The van der Waals surface area contributed by atoms with E-state index < -0.39 is 0 Å². The third-order valence-corrected chi connectivity index (χ3v) is 4.19. The van der Waals surface area contributed by atoms with E-state index in [9.17, 15) is 4.39 Å². The van der Waals surface area contributed by atoms with Gasteiger partial charge in [0.2, 0.25) is 0 Å². The van der Waals surface area contributed by atoms with Crippen LogP contribution in [-0.4, -0.2) is 19.1 Å². The zero-order valence-corrected chi connectivity index (χ0v) is 12.3. The molecule has 0 aromatic heterocycles. The molecule has 1 N–H and O–H groups in total. The summed E-state index contributed by atoms with van der Waals surface area (Å²) in [4.78, 5) is 2.40. The number of aryl methyl sites for hydroxylation is 1. The molecule has 0 saturated carbocycles. The number of rotatable bonds is 3. The molecule has 21 heavy (non-hydrogen) atoms. The first kappa shape index (κ1) is 13.9. The van der Waals surface area contributed by atoms with Gasteiger partial charge in [-0.2, -0.15) is 0 Å². The van der Waals surface area contributed by atoms with Gasteiger partial charge in [-0.25, -0.2) is 4.39 Å². The fraction of sp³-hybridized carbons (Fsp3) is 0.333. The number of nitrogens with one attached hydrogen (secondary N) is 1. The standard InChI is InChI=1S/C18H21FN2/c1-14-6-5-9-17(19)18(14)20-15-10-12-21(13-11-15)16-7-3-2-4-8-16/h2-9,15,20H,10-13H2,1H3. The van der Waals surface area contributed by atoms with Crippen LogP contribution in [0.15, 0.2) is 48.5 Å². The molecule has 110 valence electrons. The van der Waals surface area contributed by atoms with Gasteiger partial charge in [-0.1, -0.05) is 30.3 Å². The number of anilines is 2. The molecule has 0 amide bonds. The number of halogens is 1. The maximum atomic E-state index is 13.9. The van der Waals surface area contributed by atoms with Crippen molar-refractivity contribution in [1.29, 1.82) is 0 Å². The number of benzene rings is 2. The SMILES string of the molecule is Cc1cccc(F)c1NC1CCN(c2ccccc2)CC1. The molecule has 0 spiro atoms. The molecule has 1 heterocycles. The molecule has 1 aliphatic heterocycles. The summed E-state index contributed by atoms with van der Waals surface area (Å²) in [6.45, 7) is 3.97. The molecular weight excluding hydrogens is 263 g/mol. The third kappa shape index (κ3) is 3.18. The van der Waals surface area contributed by atoms with Crippen molar-refractivity contribution in [2.24, 2.45) is 0 Å². The van der Waals surface area contributed by atoms with Crippen LogP contribution in [0.5, 0.6) is 0 Å². The smallest absolute Gasteiger partial charge is 0.146 e. The van der Waals surface area contributed by atoms with Gasteiger partial charge >= 0.3 is 0 Å². The second-order valence-corrected chi connectivity index (χ2v) is 5.67. The highest BCUT2D eigenvalue weighted by molar-refractivity contribution is 5.53. The minimum absolute atomic E-state index is 0.152. The predicted molar refractivity (Wildman–Crippen MR) is 86.4 cm³/mol. The van der Waals surface area contributed by atoms with Crippen LogP contribution >= 0.6 is 0 Å². The Morgan fingerprint density at radius 2 is 1.71 bits per heavy atom. The molecule has 3 heteroatoms. The summed E-state index contributed by atoms with van der Waals surface area (Å²) in [5.41, 5.74) is 2.91. The van der Waals surface area contributed by atoms with Crippen LogP contribution in [-0.2, 0) is 0 Å². The number of nitrogens with zero attached hydrogens (tertiary/aromatic N) is 1. The summed E-state index contributed by atoms with van der Waals surface area (Å²) < 4.78 is 13.9. The average Bonchev–Trinajstić information content (AvgIpc) is 2.53. The first-order valence-corrected chi connectivity index (χ1v) is 7.55. The van der Waals surface area contributed by atoms with Crippen LogP contribution in [0.1, 0.15) is 18.4 Å². The van der Waals surface area contributed by atoms with Crippen molar-refractivity contribution in [1.82, 2.24) is 0 Å². The van der Waals surface area contributed by atoms with E-state index in [1.807, 2.05) is 19.1 Å². The van der Waals surface area contributed by atoms with Crippen molar-refractivity contribution < 1.29 is 4.39 Å². The number of piperidine rings is 1. The molecule has 0 radical (unpaired) electrons. The summed E-state index contributed by atoms with van der Waals surface area (Å²) in [7, 11) is 0. The van der Waals surface area contributed by atoms with E-state index in [1.54, 1.807) is 6.07 Å². The lowest BCUT2D eigenvalue weighted by atomic mass is 10.0. The van der Waals surface area contributed by atoms with Crippen LogP contribution in [0.2, 0.25) is 0 Å². The van der Waals surface area contributed by atoms with Gasteiger partial charge in [-0.05, 0) is 43.5 Å². The van der Waals surface area contributed by atoms with E-state index in [-0.39, 0.29) is 5.82 Å². The van der Waals surface area contributed by atoms with Gasteiger partial charge in [0, 0.05) is 24.8 Å². The lowest BCUT2D eigenvalue weighted by molar-refractivity contribution is 0.522. The molecule has 1 aliphatic rings. The molecule has 0 bridgehead atoms. The molecule has 0 aliphatic carbocycles. The molecule has 0 atom stereocenters. The van der Waals surface area contributed by atoms with Gasteiger partial charge in [-0.15, -0.1) is 0 Å². The molecule has 3 rings (SSSR count). The zero-order chi connectivity index (χ0) is 14.7. The Kier molecular flexibility index (Phi) is 4.09. The highest BCUT2D eigenvalue weighted by atomic mass is 19.1. The van der Waals surface area contributed by atoms with E-state index in [2.05, 4.69) is 34.5 Å². The van der Waals surface area contributed by atoms with Crippen LogP contribution < -0.4 is 10.2 Å². The van der Waals surface area contributed by atoms with Crippen molar-refractivity contribution >= 4 is 11.4 Å². The van der Waals surface area contributed by atoms with Crippen molar-refractivity contribution in [2.75, 3.05) is 23.3 Å². The number of hydrogen-bond donors (Lipinski definition) is 1. The summed E-state index contributed by atoms with van der Waals surface area (Å²) in [6.07, 6.45) is 2.06.